The largest absolute Gasteiger partial charge is 0.438 e. The molecule has 0 saturated heterocycles. The van der Waals surface area contributed by atoms with E-state index in [2.05, 4.69) is 9.97 Å². The molecule has 0 fully saturated rings. The van der Waals surface area contributed by atoms with Crippen LogP contribution >= 0.6 is 11.6 Å². The molecule has 0 saturated carbocycles. The Morgan fingerprint density at radius 1 is 1.41 bits per heavy atom. The molecule has 2 aromatic rings. The third kappa shape index (κ3) is 2.60. The molecule has 1 aromatic carbocycles. The quantitative estimate of drug-likeness (QED) is 0.784. The summed E-state index contributed by atoms with van der Waals surface area (Å²) < 4.78 is 5.50. The van der Waals surface area contributed by atoms with Gasteiger partial charge in [0.2, 0.25) is 5.88 Å². The second-order valence-electron chi connectivity index (χ2n) is 3.41. The number of hydrogen-bond acceptors (Lipinski definition) is 4. The SMILES string of the molecule is Cc1cc(Oc2ncncc2C=O)ccc1Cl. The number of hydrogen-bond donors (Lipinski definition) is 0. The maximum Gasteiger partial charge on any atom is 0.232 e. The van der Waals surface area contributed by atoms with E-state index >= 15 is 0 Å². The summed E-state index contributed by atoms with van der Waals surface area (Å²) in [6.07, 6.45) is 3.38. The molecule has 0 bridgehead atoms. The maximum atomic E-state index is 10.8. The van der Waals surface area contributed by atoms with E-state index in [1.54, 1.807) is 18.2 Å². The predicted molar refractivity (Wildman–Crippen MR) is 63.7 cm³/mol. The summed E-state index contributed by atoms with van der Waals surface area (Å²) in [5.74, 6) is 0.811. The third-order valence-electron chi connectivity index (χ3n) is 2.17. The van der Waals surface area contributed by atoms with E-state index in [0.29, 0.717) is 22.6 Å². The average Bonchev–Trinajstić information content (AvgIpc) is 2.34. The first-order chi connectivity index (χ1) is 8.20. The molecule has 0 aliphatic heterocycles. The number of carbonyl (C=O) groups is 1. The zero-order chi connectivity index (χ0) is 12.3. The molecule has 0 aliphatic carbocycles. The highest BCUT2D eigenvalue weighted by molar-refractivity contribution is 6.31. The smallest absolute Gasteiger partial charge is 0.232 e. The van der Waals surface area contributed by atoms with Gasteiger partial charge in [0.1, 0.15) is 12.1 Å². The Hall–Kier alpha value is -1.94. The van der Waals surface area contributed by atoms with Gasteiger partial charge < -0.3 is 4.74 Å². The molecule has 2 rings (SSSR count). The number of rotatable bonds is 3. The lowest BCUT2D eigenvalue weighted by atomic mass is 10.2. The van der Waals surface area contributed by atoms with Crippen LogP contribution in [0.5, 0.6) is 11.6 Å². The summed E-state index contributed by atoms with van der Waals surface area (Å²) in [6, 6.07) is 5.22. The highest BCUT2D eigenvalue weighted by Crippen LogP contribution is 2.25. The van der Waals surface area contributed by atoms with Crippen molar-refractivity contribution in [3.63, 3.8) is 0 Å². The van der Waals surface area contributed by atoms with Gasteiger partial charge in [0.05, 0.1) is 5.56 Å². The standard InChI is InChI=1S/C12H9ClN2O2/c1-8-4-10(2-3-11(8)13)17-12-9(6-16)5-14-7-15-12/h2-7H,1H3. The Labute approximate surface area is 103 Å². The summed E-state index contributed by atoms with van der Waals surface area (Å²) in [7, 11) is 0. The van der Waals surface area contributed by atoms with Crippen LogP contribution < -0.4 is 4.74 Å². The van der Waals surface area contributed by atoms with Crippen molar-refractivity contribution >= 4 is 17.9 Å². The van der Waals surface area contributed by atoms with Gasteiger partial charge in [0, 0.05) is 11.2 Å². The number of benzene rings is 1. The third-order valence-corrected chi connectivity index (χ3v) is 2.60. The van der Waals surface area contributed by atoms with Crippen LogP contribution in [0.15, 0.2) is 30.7 Å². The van der Waals surface area contributed by atoms with Gasteiger partial charge in [-0.1, -0.05) is 11.6 Å². The Bertz CT molecular complexity index is 558. The van der Waals surface area contributed by atoms with Crippen LogP contribution in [0.2, 0.25) is 5.02 Å². The molecule has 0 amide bonds. The molecule has 0 spiro atoms. The van der Waals surface area contributed by atoms with Crippen LogP contribution in [0.1, 0.15) is 15.9 Å². The van der Waals surface area contributed by atoms with Gasteiger partial charge in [-0.3, -0.25) is 4.79 Å². The van der Waals surface area contributed by atoms with Gasteiger partial charge in [0.25, 0.3) is 0 Å². The highest BCUT2D eigenvalue weighted by Gasteiger charge is 2.06. The Kier molecular flexibility index (Phi) is 3.35. The first-order valence-corrected chi connectivity index (χ1v) is 5.27. The molecule has 5 heteroatoms. The predicted octanol–water partition coefficient (Wildman–Crippen LogP) is 3.04. The topological polar surface area (TPSA) is 52.1 Å². The zero-order valence-corrected chi connectivity index (χ0v) is 9.81. The first kappa shape index (κ1) is 11.5. The molecular formula is C12H9ClN2O2. The van der Waals surface area contributed by atoms with Crippen molar-refractivity contribution in [1.29, 1.82) is 0 Å². The van der Waals surface area contributed by atoms with Crippen LogP contribution in [0.4, 0.5) is 0 Å². The second kappa shape index (κ2) is 4.93. The van der Waals surface area contributed by atoms with Crippen LogP contribution in [-0.4, -0.2) is 16.3 Å². The van der Waals surface area contributed by atoms with Crippen molar-refractivity contribution in [3.8, 4) is 11.6 Å². The molecule has 0 N–H and O–H groups in total. The van der Waals surface area contributed by atoms with E-state index in [9.17, 15) is 4.79 Å². The molecule has 0 radical (unpaired) electrons. The second-order valence-corrected chi connectivity index (χ2v) is 3.82. The van der Waals surface area contributed by atoms with Crippen molar-refractivity contribution < 1.29 is 9.53 Å². The molecule has 1 heterocycles. The summed E-state index contributed by atoms with van der Waals surface area (Å²) in [5.41, 5.74) is 1.20. The summed E-state index contributed by atoms with van der Waals surface area (Å²) in [6.45, 7) is 1.87. The number of aldehydes is 1. The number of ether oxygens (including phenoxy) is 1. The van der Waals surface area contributed by atoms with Crippen LogP contribution in [0.3, 0.4) is 0 Å². The van der Waals surface area contributed by atoms with Crippen molar-refractivity contribution in [2.24, 2.45) is 0 Å². The van der Waals surface area contributed by atoms with E-state index in [1.165, 1.54) is 12.5 Å². The number of halogens is 1. The molecule has 4 nitrogen and oxygen atoms in total. The number of aryl methyl sites for hydroxylation is 1. The molecule has 0 atom stereocenters. The number of aromatic nitrogens is 2. The fourth-order valence-electron chi connectivity index (χ4n) is 1.29. The molecule has 1 aromatic heterocycles. The van der Waals surface area contributed by atoms with E-state index in [1.807, 2.05) is 6.92 Å². The number of carbonyl (C=O) groups excluding carboxylic acids is 1. The highest BCUT2D eigenvalue weighted by atomic mass is 35.5. The molecule has 0 aliphatic rings. The van der Waals surface area contributed by atoms with E-state index in [0.717, 1.165) is 5.56 Å². The average molecular weight is 249 g/mol. The summed E-state index contributed by atoms with van der Waals surface area (Å²) in [4.78, 5) is 18.4. The first-order valence-electron chi connectivity index (χ1n) is 4.90. The van der Waals surface area contributed by atoms with Crippen LogP contribution in [-0.2, 0) is 0 Å². The molecule has 0 unspecified atom stereocenters. The molecule has 17 heavy (non-hydrogen) atoms. The lowest BCUT2D eigenvalue weighted by molar-refractivity contribution is 0.112. The fraction of sp³-hybridized carbons (Fsp3) is 0.0833. The van der Waals surface area contributed by atoms with Crippen molar-refractivity contribution in [2.75, 3.05) is 0 Å². The monoisotopic (exact) mass is 248 g/mol. The van der Waals surface area contributed by atoms with Gasteiger partial charge in [-0.25, -0.2) is 9.97 Å². The summed E-state index contributed by atoms with van der Waals surface area (Å²) in [5, 5.41) is 0.663. The van der Waals surface area contributed by atoms with Crippen molar-refractivity contribution in [1.82, 2.24) is 9.97 Å². The number of nitrogens with zero attached hydrogens (tertiary/aromatic N) is 2. The van der Waals surface area contributed by atoms with E-state index < -0.39 is 0 Å². The van der Waals surface area contributed by atoms with Gasteiger partial charge >= 0.3 is 0 Å². The van der Waals surface area contributed by atoms with Crippen molar-refractivity contribution in [3.05, 3.63) is 46.9 Å². The Balaban J connectivity index is 2.31. The molecular weight excluding hydrogens is 240 g/mol. The minimum absolute atomic E-state index is 0.233. The minimum atomic E-state index is 0.233. The lowest BCUT2D eigenvalue weighted by Gasteiger charge is -2.07. The van der Waals surface area contributed by atoms with E-state index in [4.69, 9.17) is 16.3 Å². The Morgan fingerprint density at radius 3 is 2.94 bits per heavy atom. The van der Waals surface area contributed by atoms with Gasteiger partial charge in [-0.05, 0) is 30.7 Å². The normalized spacial score (nSPS) is 10.0. The van der Waals surface area contributed by atoms with Crippen LogP contribution in [0, 0.1) is 6.92 Å². The zero-order valence-electron chi connectivity index (χ0n) is 9.05. The van der Waals surface area contributed by atoms with Gasteiger partial charge in [0.15, 0.2) is 6.29 Å². The fourth-order valence-corrected chi connectivity index (χ4v) is 1.41. The van der Waals surface area contributed by atoms with Crippen molar-refractivity contribution in [2.45, 2.75) is 6.92 Å². The Morgan fingerprint density at radius 2 is 2.24 bits per heavy atom. The lowest BCUT2D eigenvalue weighted by Crippen LogP contribution is -1.94. The summed E-state index contributed by atoms with van der Waals surface area (Å²) >= 11 is 5.90. The molecule has 86 valence electrons. The maximum absolute atomic E-state index is 10.8. The van der Waals surface area contributed by atoms with Gasteiger partial charge in [-0.2, -0.15) is 0 Å². The minimum Gasteiger partial charge on any atom is -0.438 e. The van der Waals surface area contributed by atoms with Crippen LogP contribution in [0.25, 0.3) is 0 Å². The van der Waals surface area contributed by atoms with Gasteiger partial charge in [-0.15, -0.1) is 0 Å². The van der Waals surface area contributed by atoms with E-state index in [-0.39, 0.29) is 5.88 Å².